The lowest BCUT2D eigenvalue weighted by molar-refractivity contribution is -0.193. The predicted molar refractivity (Wildman–Crippen MR) is 109 cm³/mol. The van der Waals surface area contributed by atoms with Crippen LogP contribution in [-0.2, 0) is 4.79 Å². The molecule has 2 aromatic carbocycles. The molecule has 0 aromatic heterocycles. The Morgan fingerprint density at radius 1 is 0.966 bits per heavy atom. The van der Waals surface area contributed by atoms with Crippen molar-refractivity contribution in [1.82, 2.24) is 9.80 Å². The molecule has 2 aliphatic heterocycles. The summed E-state index contributed by atoms with van der Waals surface area (Å²) in [6.45, 7) is 0.991. The molecule has 0 bridgehead atoms. The number of carbonyl (C=O) groups excluding carboxylic acids is 2. The van der Waals surface area contributed by atoms with Crippen LogP contribution in [0, 0.1) is 5.92 Å². The summed E-state index contributed by atoms with van der Waals surface area (Å²) in [5.41, 5.74) is 1.41. The Hall–Kier alpha value is -2.66. The molecule has 5 nitrogen and oxygen atoms in total. The number of aliphatic hydroxyl groups excluding tert-OH is 1. The Kier molecular flexibility index (Phi) is 4.43. The molecule has 150 valence electrons. The topological polar surface area (TPSA) is 60.9 Å². The molecule has 2 atom stereocenters. The lowest BCUT2D eigenvalue weighted by atomic mass is 9.60. The summed E-state index contributed by atoms with van der Waals surface area (Å²) in [6, 6.07) is 19.2. The van der Waals surface area contributed by atoms with E-state index in [1.165, 1.54) is 0 Å². The van der Waals surface area contributed by atoms with Crippen LogP contribution in [0.4, 0.5) is 0 Å². The molecular formula is C24H26N2O3. The average Bonchev–Trinajstić information content (AvgIpc) is 3.51. The monoisotopic (exact) mass is 390 g/mol. The highest BCUT2D eigenvalue weighted by Crippen LogP contribution is 2.54. The molecule has 1 aliphatic carbocycles. The maximum absolute atomic E-state index is 13.1. The Labute approximate surface area is 170 Å². The van der Waals surface area contributed by atoms with Crippen LogP contribution in [0.5, 0.6) is 0 Å². The van der Waals surface area contributed by atoms with Crippen LogP contribution in [0.2, 0.25) is 0 Å². The van der Waals surface area contributed by atoms with E-state index in [2.05, 4.69) is 12.1 Å². The van der Waals surface area contributed by atoms with Gasteiger partial charge >= 0.3 is 0 Å². The molecule has 1 saturated carbocycles. The fourth-order valence-corrected chi connectivity index (χ4v) is 5.26. The van der Waals surface area contributed by atoms with E-state index < -0.39 is 5.54 Å². The third kappa shape index (κ3) is 2.96. The van der Waals surface area contributed by atoms with Crippen molar-refractivity contribution < 1.29 is 14.7 Å². The number of aliphatic hydroxyl groups is 1. The summed E-state index contributed by atoms with van der Waals surface area (Å²) in [4.78, 5) is 29.7. The van der Waals surface area contributed by atoms with E-state index in [0.29, 0.717) is 31.0 Å². The lowest BCUT2D eigenvalue weighted by Crippen LogP contribution is -2.86. The van der Waals surface area contributed by atoms with Crippen LogP contribution < -0.4 is 0 Å². The van der Waals surface area contributed by atoms with Gasteiger partial charge in [0.1, 0.15) is 0 Å². The van der Waals surface area contributed by atoms with Gasteiger partial charge in [-0.05, 0) is 36.5 Å². The van der Waals surface area contributed by atoms with Gasteiger partial charge in [-0.15, -0.1) is 0 Å². The second-order valence-electron chi connectivity index (χ2n) is 8.68. The van der Waals surface area contributed by atoms with Gasteiger partial charge in [0.25, 0.3) is 5.91 Å². The van der Waals surface area contributed by atoms with Gasteiger partial charge in [0, 0.05) is 31.0 Å². The van der Waals surface area contributed by atoms with E-state index >= 15 is 0 Å². The number of hydrogen-bond donors (Lipinski definition) is 1. The molecule has 1 N–H and O–H groups in total. The van der Waals surface area contributed by atoms with Gasteiger partial charge in [0.2, 0.25) is 5.91 Å². The first-order chi connectivity index (χ1) is 14.1. The molecule has 3 fully saturated rings. The van der Waals surface area contributed by atoms with Crippen molar-refractivity contribution in [3.05, 3.63) is 71.8 Å². The van der Waals surface area contributed by atoms with Crippen molar-refractivity contribution in [2.24, 2.45) is 5.92 Å². The number of hydrogen-bond acceptors (Lipinski definition) is 3. The Morgan fingerprint density at radius 2 is 1.59 bits per heavy atom. The fourth-order valence-electron chi connectivity index (χ4n) is 5.26. The van der Waals surface area contributed by atoms with Crippen molar-refractivity contribution in [2.75, 3.05) is 19.7 Å². The summed E-state index contributed by atoms with van der Waals surface area (Å²) in [6.07, 6.45) is 2.81. The first-order valence-electron chi connectivity index (χ1n) is 10.5. The minimum atomic E-state index is -0.398. The average molecular weight is 390 g/mol. The van der Waals surface area contributed by atoms with Gasteiger partial charge < -0.3 is 14.9 Å². The second kappa shape index (κ2) is 6.99. The van der Waals surface area contributed by atoms with Gasteiger partial charge in [-0.3, -0.25) is 9.59 Å². The van der Waals surface area contributed by atoms with E-state index in [0.717, 1.165) is 18.4 Å². The van der Waals surface area contributed by atoms with Crippen LogP contribution in [-0.4, -0.2) is 58.0 Å². The van der Waals surface area contributed by atoms with Crippen LogP contribution in [0.3, 0.4) is 0 Å². The quantitative estimate of drug-likeness (QED) is 0.854. The molecule has 1 spiro atoms. The van der Waals surface area contributed by atoms with Crippen LogP contribution in [0.1, 0.15) is 41.1 Å². The molecule has 2 aromatic rings. The molecule has 2 amide bonds. The largest absolute Gasteiger partial charge is 0.394 e. The zero-order valence-corrected chi connectivity index (χ0v) is 16.4. The molecule has 5 heteroatoms. The molecule has 5 rings (SSSR count). The Bertz CT molecular complexity index is 904. The lowest BCUT2D eigenvalue weighted by Gasteiger charge is -2.70. The summed E-state index contributed by atoms with van der Waals surface area (Å²) in [7, 11) is 0. The molecule has 0 radical (unpaired) electrons. The van der Waals surface area contributed by atoms with Crippen LogP contribution in [0.15, 0.2) is 60.7 Å². The normalized spacial score (nSPS) is 24.7. The summed E-state index contributed by atoms with van der Waals surface area (Å²) >= 11 is 0. The Balaban J connectivity index is 1.42. The second-order valence-corrected chi connectivity index (χ2v) is 8.68. The van der Waals surface area contributed by atoms with Gasteiger partial charge in [-0.1, -0.05) is 48.5 Å². The fraction of sp³-hybridized carbons (Fsp3) is 0.417. The summed E-state index contributed by atoms with van der Waals surface area (Å²) in [5, 5.41) is 10.1. The minimum Gasteiger partial charge on any atom is -0.394 e. The number of likely N-dealkylation sites (tertiary alicyclic amines) is 2. The highest BCUT2D eigenvalue weighted by Gasteiger charge is 2.68. The SMILES string of the molecule is O=C(c1ccccc1)N1CC2(C1)[C@H](c1ccccc1)[C@H](CO)N2C(=O)CC1CC1. The number of nitrogens with zero attached hydrogens (tertiary/aromatic N) is 2. The number of rotatable bonds is 5. The predicted octanol–water partition coefficient (Wildman–Crippen LogP) is 2.67. The first-order valence-corrected chi connectivity index (χ1v) is 10.5. The highest BCUT2D eigenvalue weighted by molar-refractivity contribution is 5.95. The molecule has 2 heterocycles. The van der Waals surface area contributed by atoms with E-state index in [-0.39, 0.29) is 30.4 Å². The van der Waals surface area contributed by atoms with E-state index in [1.807, 2.05) is 58.3 Å². The smallest absolute Gasteiger partial charge is 0.254 e. The number of carbonyl (C=O) groups is 2. The van der Waals surface area contributed by atoms with Crippen LogP contribution in [0.25, 0.3) is 0 Å². The van der Waals surface area contributed by atoms with E-state index in [1.54, 1.807) is 0 Å². The zero-order valence-electron chi connectivity index (χ0n) is 16.4. The van der Waals surface area contributed by atoms with E-state index in [4.69, 9.17) is 0 Å². The van der Waals surface area contributed by atoms with Crippen LogP contribution >= 0.6 is 0 Å². The molecule has 0 unspecified atom stereocenters. The van der Waals surface area contributed by atoms with Gasteiger partial charge in [-0.25, -0.2) is 0 Å². The minimum absolute atomic E-state index is 0.00470. The number of benzene rings is 2. The van der Waals surface area contributed by atoms with Crippen molar-refractivity contribution in [2.45, 2.75) is 36.8 Å². The molecular weight excluding hydrogens is 364 g/mol. The van der Waals surface area contributed by atoms with Gasteiger partial charge in [-0.2, -0.15) is 0 Å². The third-order valence-electron chi connectivity index (χ3n) is 6.79. The van der Waals surface area contributed by atoms with E-state index in [9.17, 15) is 14.7 Å². The van der Waals surface area contributed by atoms with Crippen molar-refractivity contribution in [3.8, 4) is 0 Å². The van der Waals surface area contributed by atoms with Crippen molar-refractivity contribution >= 4 is 11.8 Å². The van der Waals surface area contributed by atoms with Gasteiger partial charge in [0.05, 0.1) is 18.2 Å². The van der Waals surface area contributed by atoms with Crippen molar-refractivity contribution in [1.29, 1.82) is 0 Å². The number of amides is 2. The maximum atomic E-state index is 13.1. The van der Waals surface area contributed by atoms with Crippen molar-refractivity contribution in [3.63, 3.8) is 0 Å². The summed E-state index contributed by atoms with van der Waals surface area (Å²) < 4.78 is 0. The Morgan fingerprint density at radius 3 is 2.17 bits per heavy atom. The standard InChI is InChI=1S/C24H26N2O3/c27-14-20-22(18-7-3-1-4-8-18)24(26(20)21(28)13-17-11-12-17)15-25(16-24)23(29)19-9-5-2-6-10-19/h1-10,17,20,22,27H,11-16H2/t20-,22+/m0/s1. The molecule has 3 aliphatic rings. The van der Waals surface area contributed by atoms with Gasteiger partial charge in [0.15, 0.2) is 0 Å². The maximum Gasteiger partial charge on any atom is 0.254 e. The third-order valence-corrected chi connectivity index (χ3v) is 6.79. The first kappa shape index (κ1) is 18.4. The highest BCUT2D eigenvalue weighted by atomic mass is 16.3. The summed E-state index contributed by atoms with van der Waals surface area (Å²) in [5.74, 6) is 0.684. The molecule has 29 heavy (non-hydrogen) atoms. The zero-order chi connectivity index (χ0) is 20.0. The molecule has 2 saturated heterocycles.